The molecule has 3 rings (SSSR count). The van der Waals surface area contributed by atoms with Gasteiger partial charge >= 0.3 is 0 Å². The molecule has 2 heterocycles. The summed E-state index contributed by atoms with van der Waals surface area (Å²) in [7, 11) is 0. The largest absolute Gasteiger partial charge is 0.384 e. The van der Waals surface area contributed by atoms with Crippen LogP contribution in [0.25, 0.3) is 10.9 Å². The zero-order valence-electron chi connectivity index (χ0n) is 10.8. The Morgan fingerprint density at radius 2 is 2.10 bits per heavy atom. The summed E-state index contributed by atoms with van der Waals surface area (Å²) in [6.07, 6.45) is 3.72. The van der Waals surface area contributed by atoms with Crippen molar-refractivity contribution in [1.29, 1.82) is 0 Å². The van der Waals surface area contributed by atoms with Crippen molar-refractivity contribution < 1.29 is 4.79 Å². The second-order valence-electron chi connectivity index (χ2n) is 4.56. The number of rotatable bonds is 3. The van der Waals surface area contributed by atoms with Gasteiger partial charge in [-0.3, -0.25) is 4.79 Å². The molecule has 0 bridgehead atoms. The van der Waals surface area contributed by atoms with Crippen molar-refractivity contribution in [2.24, 2.45) is 0 Å². The predicted molar refractivity (Wildman–Crippen MR) is 79.3 cm³/mol. The monoisotopic (exact) mass is 266 g/mol. The smallest absolute Gasteiger partial charge is 0.228 e. The van der Waals surface area contributed by atoms with Crippen LogP contribution in [0.3, 0.4) is 0 Å². The third kappa shape index (κ3) is 2.47. The van der Waals surface area contributed by atoms with Crippen molar-refractivity contribution in [2.75, 3.05) is 11.1 Å². The number of fused-ring (bicyclic) bond motifs is 1. The van der Waals surface area contributed by atoms with E-state index in [0.29, 0.717) is 17.9 Å². The molecular weight excluding hydrogens is 252 g/mol. The van der Waals surface area contributed by atoms with E-state index in [4.69, 9.17) is 5.73 Å². The number of benzene rings is 1. The summed E-state index contributed by atoms with van der Waals surface area (Å²) in [5, 5.41) is 3.87. The van der Waals surface area contributed by atoms with Crippen LogP contribution in [-0.4, -0.2) is 15.9 Å². The lowest BCUT2D eigenvalue weighted by Crippen LogP contribution is -2.14. The number of H-pyrrole nitrogens is 1. The number of nitrogens with zero attached hydrogens (tertiary/aromatic N) is 1. The minimum Gasteiger partial charge on any atom is -0.384 e. The summed E-state index contributed by atoms with van der Waals surface area (Å²) >= 11 is 0. The molecule has 100 valence electrons. The van der Waals surface area contributed by atoms with E-state index in [0.717, 1.165) is 16.5 Å². The standard InChI is InChI=1S/C15H14N4O/c16-14-6-5-11(9-18-14)19-15(20)7-10-8-17-13-4-2-1-3-12(10)13/h1-6,8-9,17H,7H2,(H2,16,18)(H,19,20). The number of anilines is 2. The second kappa shape index (κ2) is 5.05. The van der Waals surface area contributed by atoms with Crippen LogP contribution >= 0.6 is 0 Å². The van der Waals surface area contributed by atoms with Crippen LogP contribution < -0.4 is 11.1 Å². The summed E-state index contributed by atoms with van der Waals surface area (Å²) in [6.45, 7) is 0. The molecule has 0 radical (unpaired) electrons. The van der Waals surface area contributed by atoms with E-state index in [2.05, 4.69) is 15.3 Å². The SMILES string of the molecule is Nc1ccc(NC(=O)Cc2c[nH]c3ccccc23)cn1. The van der Waals surface area contributed by atoms with Gasteiger partial charge in [0.15, 0.2) is 0 Å². The van der Waals surface area contributed by atoms with Crippen LogP contribution in [0.2, 0.25) is 0 Å². The summed E-state index contributed by atoms with van der Waals surface area (Å²) < 4.78 is 0. The van der Waals surface area contributed by atoms with Crippen molar-refractivity contribution in [2.45, 2.75) is 6.42 Å². The highest BCUT2D eigenvalue weighted by Gasteiger charge is 2.08. The first-order valence-corrected chi connectivity index (χ1v) is 6.29. The molecule has 0 fully saturated rings. The Bertz CT molecular complexity index is 746. The number of amides is 1. The van der Waals surface area contributed by atoms with E-state index in [1.165, 1.54) is 0 Å². The van der Waals surface area contributed by atoms with E-state index in [1.54, 1.807) is 18.3 Å². The molecule has 0 unspecified atom stereocenters. The first-order valence-electron chi connectivity index (χ1n) is 6.29. The van der Waals surface area contributed by atoms with E-state index < -0.39 is 0 Å². The van der Waals surface area contributed by atoms with Crippen molar-refractivity contribution in [3.05, 3.63) is 54.4 Å². The van der Waals surface area contributed by atoms with Crippen molar-refractivity contribution in [3.63, 3.8) is 0 Å². The van der Waals surface area contributed by atoms with Crippen LogP contribution in [0, 0.1) is 0 Å². The number of nitrogens with one attached hydrogen (secondary N) is 2. The highest BCUT2D eigenvalue weighted by molar-refractivity contribution is 5.95. The number of hydrogen-bond acceptors (Lipinski definition) is 3. The Balaban J connectivity index is 1.74. The van der Waals surface area contributed by atoms with E-state index in [-0.39, 0.29) is 5.91 Å². The maximum absolute atomic E-state index is 12.0. The van der Waals surface area contributed by atoms with E-state index in [1.807, 2.05) is 30.5 Å². The van der Waals surface area contributed by atoms with Gasteiger partial charge in [-0.15, -0.1) is 0 Å². The topological polar surface area (TPSA) is 83.8 Å². The number of carbonyl (C=O) groups is 1. The summed E-state index contributed by atoms with van der Waals surface area (Å²) in [6, 6.07) is 11.3. The molecule has 1 aromatic carbocycles. The van der Waals surface area contributed by atoms with Crippen LogP contribution in [-0.2, 0) is 11.2 Å². The summed E-state index contributed by atoms with van der Waals surface area (Å²) in [5.74, 6) is 0.348. The normalized spacial score (nSPS) is 10.6. The van der Waals surface area contributed by atoms with E-state index >= 15 is 0 Å². The number of carbonyl (C=O) groups excluding carboxylic acids is 1. The molecule has 0 atom stereocenters. The number of para-hydroxylation sites is 1. The number of pyridine rings is 1. The number of nitrogens with two attached hydrogens (primary N) is 1. The van der Waals surface area contributed by atoms with Gasteiger partial charge in [-0.2, -0.15) is 0 Å². The molecule has 5 heteroatoms. The lowest BCUT2D eigenvalue weighted by Gasteiger charge is -2.04. The van der Waals surface area contributed by atoms with Gasteiger partial charge in [0.05, 0.1) is 18.3 Å². The van der Waals surface area contributed by atoms with Crippen molar-refractivity contribution >= 4 is 28.3 Å². The Morgan fingerprint density at radius 1 is 1.25 bits per heavy atom. The van der Waals surface area contributed by atoms with Gasteiger partial charge in [0.1, 0.15) is 5.82 Å². The third-order valence-corrected chi connectivity index (χ3v) is 3.10. The molecule has 0 saturated carbocycles. The quantitative estimate of drug-likeness (QED) is 0.680. The number of aromatic amines is 1. The van der Waals surface area contributed by atoms with Gasteiger partial charge in [-0.05, 0) is 23.8 Å². The van der Waals surface area contributed by atoms with Gasteiger partial charge < -0.3 is 16.0 Å². The number of nitrogen functional groups attached to an aromatic ring is 1. The molecular formula is C15H14N4O. The molecule has 1 amide bonds. The average Bonchev–Trinajstić information content (AvgIpc) is 2.85. The minimum atomic E-state index is -0.0821. The molecule has 2 aromatic heterocycles. The highest BCUT2D eigenvalue weighted by atomic mass is 16.1. The first-order chi connectivity index (χ1) is 9.72. The maximum atomic E-state index is 12.0. The fraction of sp³-hybridized carbons (Fsp3) is 0.0667. The molecule has 0 spiro atoms. The van der Waals surface area contributed by atoms with Crippen LogP contribution in [0.4, 0.5) is 11.5 Å². The molecule has 4 N–H and O–H groups in total. The Morgan fingerprint density at radius 3 is 2.90 bits per heavy atom. The summed E-state index contributed by atoms with van der Waals surface area (Å²) in [4.78, 5) is 19.1. The molecule has 0 aliphatic heterocycles. The molecule has 3 aromatic rings. The second-order valence-corrected chi connectivity index (χ2v) is 4.56. The lowest BCUT2D eigenvalue weighted by atomic mass is 10.1. The van der Waals surface area contributed by atoms with Gasteiger partial charge in [-0.25, -0.2) is 4.98 Å². The zero-order valence-corrected chi connectivity index (χ0v) is 10.8. The fourth-order valence-corrected chi connectivity index (χ4v) is 2.14. The molecule has 0 saturated heterocycles. The van der Waals surface area contributed by atoms with Crippen molar-refractivity contribution in [3.8, 4) is 0 Å². The highest BCUT2D eigenvalue weighted by Crippen LogP contribution is 2.18. The molecule has 5 nitrogen and oxygen atoms in total. The van der Waals surface area contributed by atoms with Crippen LogP contribution in [0.1, 0.15) is 5.56 Å². The Kier molecular flexibility index (Phi) is 3.09. The molecule has 20 heavy (non-hydrogen) atoms. The van der Waals surface area contributed by atoms with Crippen molar-refractivity contribution in [1.82, 2.24) is 9.97 Å². The minimum absolute atomic E-state index is 0.0821. The maximum Gasteiger partial charge on any atom is 0.228 e. The van der Waals surface area contributed by atoms with E-state index in [9.17, 15) is 4.79 Å². The number of hydrogen-bond donors (Lipinski definition) is 3. The predicted octanol–water partition coefficient (Wildman–Crippen LogP) is 2.33. The van der Waals surface area contributed by atoms with Gasteiger partial charge in [-0.1, -0.05) is 18.2 Å². The van der Waals surface area contributed by atoms with Gasteiger partial charge in [0.2, 0.25) is 5.91 Å². The number of aromatic nitrogens is 2. The third-order valence-electron chi connectivity index (χ3n) is 3.10. The Labute approximate surface area is 115 Å². The molecule has 0 aliphatic rings. The summed E-state index contributed by atoms with van der Waals surface area (Å²) in [5.41, 5.74) is 8.15. The van der Waals surface area contributed by atoms with Crippen LogP contribution in [0.15, 0.2) is 48.8 Å². The Hall–Kier alpha value is -2.82. The van der Waals surface area contributed by atoms with Gasteiger partial charge in [0, 0.05) is 17.1 Å². The lowest BCUT2D eigenvalue weighted by molar-refractivity contribution is -0.115. The average molecular weight is 266 g/mol. The van der Waals surface area contributed by atoms with Gasteiger partial charge in [0.25, 0.3) is 0 Å². The fourth-order valence-electron chi connectivity index (χ4n) is 2.14. The zero-order chi connectivity index (χ0) is 13.9. The first kappa shape index (κ1) is 12.2. The molecule has 0 aliphatic carbocycles. The van der Waals surface area contributed by atoms with Crippen LogP contribution in [0.5, 0.6) is 0 Å².